The summed E-state index contributed by atoms with van der Waals surface area (Å²) in [7, 11) is 0. The lowest BCUT2D eigenvalue weighted by Gasteiger charge is -2.06. The van der Waals surface area contributed by atoms with Gasteiger partial charge < -0.3 is 5.32 Å². The second kappa shape index (κ2) is 6.87. The molecule has 110 valence electrons. The number of rotatable bonds is 6. The number of hydrogen-bond donors (Lipinski definition) is 1. The maximum atomic E-state index is 4.62. The third-order valence-corrected chi connectivity index (χ3v) is 5.57. The van der Waals surface area contributed by atoms with Crippen molar-refractivity contribution in [1.29, 1.82) is 0 Å². The van der Waals surface area contributed by atoms with Crippen LogP contribution in [0.1, 0.15) is 40.6 Å². The van der Waals surface area contributed by atoms with Crippen molar-refractivity contribution in [3.8, 4) is 0 Å². The van der Waals surface area contributed by atoms with E-state index in [-0.39, 0.29) is 0 Å². The van der Waals surface area contributed by atoms with Crippen LogP contribution in [0.15, 0.2) is 10.5 Å². The predicted molar refractivity (Wildman–Crippen MR) is 89.3 cm³/mol. The van der Waals surface area contributed by atoms with E-state index < -0.39 is 0 Å². The highest BCUT2D eigenvalue weighted by atomic mass is 79.9. The second-order valence-electron chi connectivity index (χ2n) is 4.93. The number of nitrogens with zero attached hydrogens (tertiary/aromatic N) is 2. The number of aromatic nitrogens is 2. The molecule has 2 rings (SSSR count). The summed E-state index contributed by atoms with van der Waals surface area (Å²) in [5, 5.41) is 8.15. The Morgan fingerprint density at radius 1 is 1.30 bits per heavy atom. The lowest BCUT2D eigenvalue weighted by Crippen LogP contribution is -2.16. The molecule has 2 aromatic rings. The molecule has 2 aromatic heterocycles. The second-order valence-corrected chi connectivity index (χ2v) is 7.07. The SMILES string of the molecule is CCc1nn(CC)c(CNCc2cc(C)c(C)s2)c1Br. The van der Waals surface area contributed by atoms with Gasteiger partial charge in [0.1, 0.15) is 0 Å². The molecule has 0 amide bonds. The quantitative estimate of drug-likeness (QED) is 0.841. The summed E-state index contributed by atoms with van der Waals surface area (Å²) in [6, 6.07) is 2.27. The molecule has 0 aliphatic rings. The van der Waals surface area contributed by atoms with Crippen LogP contribution in [0.25, 0.3) is 0 Å². The van der Waals surface area contributed by atoms with Crippen LogP contribution in [0.3, 0.4) is 0 Å². The zero-order valence-corrected chi connectivity index (χ0v) is 15.0. The third kappa shape index (κ3) is 3.32. The van der Waals surface area contributed by atoms with Crippen molar-refractivity contribution in [1.82, 2.24) is 15.1 Å². The maximum Gasteiger partial charge on any atom is 0.0767 e. The molecule has 0 bridgehead atoms. The van der Waals surface area contributed by atoms with E-state index in [1.807, 2.05) is 11.3 Å². The van der Waals surface area contributed by atoms with Gasteiger partial charge in [-0.1, -0.05) is 6.92 Å². The summed E-state index contributed by atoms with van der Waals surface area (Å²) in [6.45, 7) is 11.3. The first-order chi connectivity index (χ1) is 9.56. The Bertz CT molecular complexity index is 567. The number of hydrogen-bond acceptors (Lipinski definition) is 3. The van der Waals surface area contributed by atoms with Gasteiger partial charge in [-0.25, -0.2) is 0 Å². The van der Waals surface area contributed by atoms with Crippen LogP contribution in [-0.2, 0) is 26.1 Å². The molecule has 3 nitrogen and oxygen atoms in total. The molecule has 0 spiro atoms. The van der Waals surface area contributed by atoms with E-state index in [1.165, 1.54) is 21.0 Å². The maximum absolute atomic E-state index is 4.62. The van der Waals surface area contributed by atoms with E-state index in [1.54, 1.807) is 0 Å². The van der Waals surface area contributed by atoms with Gasteiger partial charge in [-0.3, -0.25) is 4.68 Å². The molecule has 0 atom stereocenters. The standard InChI is InChI=1S/C15H22BrN3S/c1-5-13-15(16)14(19(6-2)18-13)9-17-8-12-7-10(3)11(4)20-12/h7,17H,5-6,8-9H2,1-4H3. The largest absolute Gasteiger partial charge is 0.306 e. The van der Waals surface area contributed by atoms with E-state index >= 15 is 0 Å². The summed E-state index contributed by atoms with van der Waals surface area (Å²) in [5.41, 5.74) is 3.78. The van der Waals surface area contributed by atoms with Gasteiger partial charge in [0.2, 0.25) is 0 Å². The Kier molecular flexibility index (Phi) is 5.41. The van der Waals surface area contributed by atoms with Crippen molar-refractivity contribution >= 4 is 27.3 Å². The monoisotopic (exact) mass is 355 g/mol. The molecule has 0 fully saturated rings. The third-order valence-electron chi connectivity index (χ3n) is 3.50. The molecular weight excluding hydrogens is 334 g/mol. The van der Waals surface area contributed by atoms with Crippen LogP contribution in [0, 0.1) is 13.8 Å². The van der Waals surface area contributed by atoms with E-state index in [2.05, 4.69) is 64.8 Å². The molecule has 0 radical (unpaired) electrons. The van der Waals surface area contributed by atoms with E-state index in [4.69, 9.17) is 0 Å². The average Bonchev–Trinajstić information content (AvgIpc) is 2.91. The highest BCUT2D eigenvalue weighted by Crippen LogP contribution is 2.23. The van der Waals surface area contributed by atoms with Crippen LogP contribution in [0.5, 0.6) is 0 Å². The normalized spacial score (nSPS) is 11.2. The topological polar surface area (TPSA) is 29.9 Å². The van der Waals surface area contributed by atoms with Gasteiger partial charge >= 0.3 is 0 Å². The molecular formula is C15H22BrN3S. The molecule has 20 heavy (non-hydrogen) atoms. The average molecular weight is 356 g/mol. The minimum atomic E-state index is 0.845. The molecule has 2 heterocycles. The zero-order chi connectivity index (χ0) is 14.7. The minimum Gasteiger partial charge on any atom is -0.306 e. The van der Waals surface area contributed by atoms with Crippen molar-refractivity contribution in [2.45, 2.75) is 53.8 Å². The fourth-order valence-electron chi connectivity index (χ4n) is 2.23. The van der Waals surface area contributed by atoms with Crippen molar-refractivity contribution in [2.75, 3.05) is 0 Å². The first-order valence-electron chi connectivity index (χ1n) is 7.07. The van der Waals surface area contributed by atoms with Crippen LogP contribution < -0.4 is 5.32 Å². The lowest BCUT2D eigenvalue weighted by atomic mass is 10.3. The number of aryl methyl sites for hydroxylation is 4. The Hall–Kier alpha value is -0.650. The zero-order valence-electron chi connectivity index (χ0n) is 12.6. The summed E-state index contributed by atoms with van der Waals surface area (Å²) >= 11 is 5.56. The van der Waals surface area contributed by atoms with Crippen LogP contribution in [0.4, 0.5) is 0 Å². The number of halogens is 1. The molecule has 0 aliphatic heterocycles. The fraction of sp³-hybridized carbons (Fsp3) is 0.533. The molecule has 0 saturated carbocycles. The van der Waals surface area contributed by atoms with Crippen molar-refractivity contribution in [2.24, 2.45) is 0 Å². The van der Waals surface area contributed by atoms with Gasteiger partial charge in [0, 0.05) is 29.4 Å². The molecule has 1 N–H and O–H groups in total. The van der Waals surface area contributed by atoms with Crippen LogP contribution in [-0.4, -0.2) is 9.78 Å². The number of thiophene rings is 1. The van der Waals surface area contributed by atoms with Crippen LogP contribution in [0.2, 0.25) is 0 Å². The minimum absolute atomic E-state index is 0.845. The van der Waals surface area contributed by atoms with Gasteiger partial charge in [-0.05, 0) is 54.8 Å². The molecule has 0 unspecified atom stereocenters. The lowest BCUT2D eigenvalue weighted by molar-refractivity contribution is 0.578. The molecule has 0 saturated heterocycles. The Morgan fingerprint density at radius 3 is 2.60 bits per heavy atom. The molecule has 0 aliphatic carbocycles. The highest BCUT2D eigenvalue weighted by molar-refractivity contribution is 9.10. The fourth-order valence-corrected chi connectivity index (χ4v) is 3.95. The van der Waals surface area contributed by atoms with Gasteiger partial charge in [0.05, 0.1) is 15.9 Å². The summed E-state index contributed by atoms with van der Waals surface area (Å²) in [5.74, 6) is 0. The summed E-state index contributed by atoms with van der Waals surface area (Å²) < 4.78 is 3.24. The van der Waals surface area contributed by atoms with Gasteiger partial charge in [-0.2, -0.15) is 5.10 Å². The Morgan fingerprint density at radius 2 is 2.05 bits per heavy atom. The van der Waals surface area contributed by atoms with Crippen molar-refractivity contribution in [3.63, 3.8) is 0 Å². The van der Waals surface area contributed by atoms with Crippen molar-refractivity contribution in [3.05, 3.63) is 37.2 Å². The van der Waals surface area contributed by atoms with Gasteiger partial charge in [0.15, 0.2) is 0 Å². The first kappa shape index (κ1) is 15.7. The Labute approximate surface area is 133 Å². The molecule has 5 heteroatoms. The van der Waals surface area contributed by atoms with Crippen LogP contribution >= 0.6 is 27.3 Å². The van der Waals surface area contributed by atoms with Gasteiger partial charge in [0.25, 0.3) is 0 Å². The Balaban J connectivity index is 2.02. The predicted octanol–water partition coefficient (Wildman–Crippen LogP) is 4.20. The first-order valence-corrected chi connectivity index (χ1v) is 8.68. The van der Waals surface area contributed by atoms with Gasteiger partial charge in [-0.15, -0.1) is 11.3 Å². The summed E-state index contributed by atoms with van der Waals surface area (Å²) in [6.07, 6.45) is 0.962. The summed E-state index contributed by atoms with van der Waals surface area (Å²) in [4.78, 5) is 2.81. The van der Waals surface area contributed by atoms with E-state index in [9.17, 15) is 0 Å². The highest BCUT2D eigenvalue weighted by Gasteiger charge is 2.13. The molecule has 0 aromatic carbocycles. The number of nitrogens with one attached hydrogen (secondary N) is 1. The van der Waals surface area contributed by atoms with E-state index in [0.29, 0.717) is 0 Å². The van der Waals surface area contributed by atoms with Crippen molar-refractivity contribution < 1.29 is 0 Å². The smallest absolute Gasteiger partial charge is 0.0767 e. The van der Waals surface area contributed by atoms with E-state index in [0.717, 1.165) is 36.2 Å².